The van der Waals surface area contributed by atoms with Crippen LogP contribution in [0.2, 0.25) is 0 Å². The Bertz CT molecular complexity index is 517. The van der Waals surface area contributed by atoms with E-state index in [-0.39, 0.29) is 17.7 Å². The van der Waals surface area contributed by atoms with Crippen molar-refractivity contribution in [1.82, 2.24) is 4.90 Å². The van der Waals surface area contributed by atoms with Gasteiger partial charge in [-0.3, -0.25) is 9.59 Å². The molecule has 0 bridgehead atoms. The van der Waals surface area contributed by atoms with Gasteiger partial charge in [-0.25, -0.2) is 0 Å². The molecule has 0 aliphatic carbocycles. The minimum Gasteiger partial charge on any atom is -0.378 e. The first-order valence-corrected chi connectivity index (χ1v) is 7.87. The van der Waals surface area contributed by atoms with Crippen LogP contribution >= 0.6 is 0 Å². The lowest BCUT2D eigenvalue weighted by Crippen LogP contribution is -2.41. The summed E-state index contributed by atoms with van der Waals surface area (Å²) in [4.78, 5) is 27.8. The summed E-state index contributed by atoms with van der Waals surface area (Å²) in [5.74, 6) is 0.230. The van der Waals surface area contributed by atoms with E-state index in [2.05, 4.69) is 5.32 Å². The Kier molecular flexibility index (Phi) is 5.41. The molecule has 1 saturated heterocycles. The topological polar surface area (TPSA) is 52.7 Å². The molecule has 1 aliphatic rings. The number of rotatable bonds is 4. The van der Waals surface area contributed by atoms with Crippen molar-refractivity contribution in [1.29, 1.82) is 0 Å². The molecule has 1 N–H and O–H groups in total. The van der Waals surface area contributed by atoms with E-state index < -0.39 is 0 Å². The van der Waals surface area contributed by atoms with Gasteiger partial charge in [0.1, 0.15) is 0 Å². The molecular formula is C17H25N3O2. The Balaban J connectivity index is 1.87. The van der Waals surface area contributed by atoms with Crippen molar-refractivity contribution in [2.24, 2.45) is 5.92 Å². The van der Waals surface area contributed by atoms with E-state index in [0.717, 1.165) is 24.2 Å². The molecule has 120 valence electrons. The standard InChI is InChI=1S/C17H25N3O2/c1-4-16(21)20-11-9-13(10-12-20)17(22)18-14-5-7-15(8-6-14)19(2)3/h5-8,13H,4,9-12H2,1-3H3,(H,18,22). The minimum atomic E-state index is -0.00516. The zero-order valence-corrected chi connectivity index (χ0v) is 13.6. The molecule has 0 unspecified atom stereocenters. The lowest BCUT2D eigenvalue weighted by Gasteiger charge is -2.31. The predicted molar refractivity (Wildman–Crippen MR) is 89.0 cm³/mol. The molecule has 0 saturated carbocycles. The molecule has 5 heteroatoms. The number of nitrogens with one attached hydrogen (secondary N) is 1. The number of benzene rings is 1. The summed E-state index contributed by atoms with van der Waals surface area (Å²) in [5, 5.41) is 2.97. The van der Waals surface area contributed by atoms with Crippen molar-refractivity contribution in [2.75, 3.05) is 37.4 Å². The lowest BCUT2D eigenvalue weighted by atomic mass is 9.95. The summed E-state index contributed by atoms with van der Waals surface area (Å²) >= 11 is 0. The highest BCUT2D eigenvalue weighted by atomic mass is 16.2. The first-order chi connectivity index (χ1) is 10.5. The smallest absolute Gasteiger partial charge is 0.227 e. The van der Waals surface area contributed by atoms with Gasteiger partial charge in [-0.2, -0.15) is 0 Å². The number of hydrogen-bond acceptors (Lipinski definition) is 3. The molecule has 1 aromatic rings. The highest BCUT2D eigenvalue weighted by Gasteiger charge is 2.26. The highest BCUT2D eigenvalue weighted by Crippen LogP contribution is 2.21. The van der Waals surface area contributed by atoms with Gasteiger partial charge in [-0.15, -0.1) is 0 Å². The van der Waals surface area contributed by atoms with Crippen molar-refractivity contribution in [3.8, 4) is 0 Å². The Labute approximate surface area is 132 Å². The highest BCUT2D eigenvalue weighted by molar-refractivity contribution is 5.93. The van der Waals surface area contributed by atoms with Crippen molar-refractivity contribution in [3.63, 3.8) is 0 Å². The van der Waals surface area contributed by atoms with Crippen LogP contribution in [0.15, 0.2) is 24.3 Å². The third-order valence-corrected chi connectivity index (χ3v) is 4.17. The predicted octanol–water partition coefficient (Wildman–Crippen LogP) is 2.34. The number of carbonyl (C=O) groups excluding carboxylic acids is 2. The van der Waals surface area contributed by atoms with Crippen LogP contribution in [0.1, 0.15) is 26.2 Å². The van der Waals surface area contributed by atoms with Crippen LogP contribution in [-0.4, -0.2) is 43.9 Å². The first-order valence-electron chi connectivity index (χ1n) is 7.87. The normalized spacial score (nSPS) is 15.5. The fraction of sp³-hybridized carbons (Fsp3) is 0.529. The van der Waals surface area contributed by atoms with Crippen LogP contribution in [-0.2, 0) is 9.59 Å². The molecule has 0 radical (unpaired) electrons. The number of nitrogens with zero attached hydrogens (tertiary/aromatic N) is 2. The summed E-state index contributed by atoms with van der Waals surface area (Å²) in [5.41, 5.74) is 1.92. The molecule has 1 heterocycles. The molecule has 0 spiro atoms. The van der Waals surface area contributed by atoms with Gasteiger partial charge >= 0.3 is 0 Å². The number of anilines is 2. The number of amides is 2. The Morgan fingerprint density at radius 2 is 1.77 bits per heavy atom. The minimum absolute atomic E-state index is 0.00516. The van der Waals surface area contributed by atoms with Crippen LogP contribution in [0.3, 0.4) is 0 Å². The number of hydrogen-bond donors (Lipinski definition) is 1. The maximum atomic E-state index is 12.3. The summed E-state index contributed by atoms with van der Waals surface area (Å²) in [7, 11) is 3.97. The molecule has 0 atom stereocenters. The van der Waals surface area contributed by atoms with Crippen LogP contribution in [0.5, 0.6) is 0 Å². The largest absolute Gasteiger partial charge is 0.378 e. The fourth-order valence-electron chi connectivity index (χ4n) is 2.70. The second-order valence-corrected chi connectivity index (χ2v) is 5.94. The van der Waals surface area contributed by atoms with Gasteiger partial charge in [0.2, 0.25) is 11.8 Å². The van der Waals surface area contributed by atoms with Crippen LogP contribution in [0, 0.1) is 5.92 Å². The Morgan fingerprint density at radius 1 is 1.18 bits per heavy atom. The molecular weight excluding hydrogens is 278 g/mol. The first kappa shape index (κ1) is 16.3. The molecule has 1 fully saturated rings. The number of carbonyl (C=O) groups is 2. The van der Waals surface area contributed by atoms with Gasteiger partial charge in [0.05, 0.1) is 0 Å². The molecule has 1 aliphatic heterocycles. The van der Waals surface area contributed by atoms with Gasteiger partial charge in [0, 0.05) is 50.9 Å². The van der Waals surface area contributed by atoms with Crippen LogP contribution in [0.4, 0.5) is 11.4 Å². The molecule has 2 amide bonds. The summed E-state index contributed by atoms with van der Waals surface area (Å²) in [6, 6.07) is 7.81. The van der Waals surface area contributed by atoms with Crippen molar-refractivity contribution >= 4 is 23.2 Å². The van der Waals surface area contributed by atoms with Gasteiger partial charge in [-0.1, -0.05) is 6.92 Å². The van der Waals surface area contributed by atoms with E-state index >= 15 is 0 Å². The van der Waals surface area contributed by atoms with Gasteiger partial charge in [-0.05, 0) is 37.1 Å². The van der Waals surface area contributed by atoms with E-state index in [0.29, 0.717) is 19.5 Å². The average molecular weight is 303 g/mol. The van der Waals surface area contributed by atoms with E-state index in [9.17, 15) is 9.59 Å². The molecule has 22 heavy (non-hydrogen) atoms. The van der Waals surface area contributed by atoms with Gasteiger partial charge in [0.25, 0.3) is 0 Å². The SMILES string of the molecule is CCC(=O)N1CCC(C(=O)Nc2ccc(N(C)C)cc2)CC1. The van der Waals surface area contributed by atoms with E-state index in [1.54, 1.807) is 0 Å². The number of piperidine rings is 1. The zero-order chi connectivity index (χ0) is 16.1. The molecule has 0 aromatic heterocycles. The van der Waals surface area contributed by atoms with Crippen LogP contribution < -0.4 is 10.2 Å². The third-order valence-electron chi connectivity index (χ3n) is 4.17. The average Bonchev–Trinajstić information content (AvgIpc) is 2.54. The van der Waals surface area contributed by atoms with Crippen molar-refractivity contribution < 1.29 is 9.59 Å². The molecule has 2 rings (SSSR count). The van der Waals surface area contributed by atoms with Crippen LogP contribution in [0.25, 0.3) is 0 Å². The second-order valence-electron chi connectivity index (χ2n) is 5.94. The van der Waals surface area contributed by atoms with Gasteiger partial charge < -0.3 is 15.1 Å². The Morgan fingerprint density at radius 3 is 2.27 bits per heavy atom. The molecule has 5 nitrogen and oxygen atoms in total. The number of likely N-dealkylation sites (tertiary alicyclic amines) is 1. The van der Waals surface area contributed by atoms with E-state index in [1.165, 1.54) is 0 Å². The fourth-order valence-corrected chi connectivity index (χ4v) is 2.70. The zero-order valence-electron chi connectivity index (χ0n) is 13.6. The monoisotopic (exact) mass is 303 g/mol. The second kappa shape index (κ2) is 7.29. The third kappa shape index (κ3) is 4.00. The summed E-state index contributed by atoms with van der Waals surface area (Å²) in [6.45, 7) is 3.24. The van der Waals surface area contributed by atoms with Crippen molar-refractivity contribution in [2.45, 2.75) is 26.2 Å². The quantitative estimate of drug-likeness (QED) is 0.929. The maximum Gasteiger partial charge on any atom is 0.227 e. The summed E-state index contributed by atoms with van der Waals surface area (Å²) < 4.78 is 0. The molecule has 1 aromatic carbocycles. The van der Waals surface area contributed by atoms with E-state index in [4.69, 9.17) is 0 Å². The maximum absolute atomic E-state index is 12.3. The lowest BCUT2D eigenvalue weighted by molar-refractivity contribution is -0.134. The van der Waals surface area contributed by atoms with E-state index in [1.807, 2.05) is 55.1 Å². The summed E-state index contributed by atoms with van der Waals surface area (Å²) in [6.07, 6.45) is 2.02. The Hall–Kier alpha value is -2.04. The van der Waals surface area contributed by atoms with Gasteiger partial charge in [0.15, 0.2) is 0 Å². The van der Waals surface area contributed by atoms with Crippen molar-refractivity contribution in [3.05, 3.63) is 24.3 Å².